The largest absolute Gasteiger partial charge is 0.481 e. The summed E-state index contributed by atoms with van der Waals surface area (Å²) < 4.78 is 35.7. The summed E-state index contributed by atoms with van der Waals surface area (Å²) in [5.41, 5.74) is 2.58. The van der Waals surface area contributed by atoms with E-state index in [2.05, 4.69) is 11.8 Å². The third-order valence-electron chi connectivity index (χ3n) is 6.24. The number of hydrogen-bond acceptors (Lipinski definition) is 5. The molecular weight excluding hydrogens is 423 g/mol. The molecule has 2 aliphatic heterocycles. The van der Waals surface area contributed by atoms with Crippen molar-refractivity contribution in [3.05, 3.63) is 65.5 Å². The van der Waals surface area contributed by atoms with E-state index in [0.717, 1.165) is 40.3 Å². The molecule has 0 aliphatic carbocycles. The minimum Gasteiger partial charge on any atom is -0.481 e. The van der Waals surface area contributed by atoms with Gasteiger partial charge in [-0.15, -0.1) is 0 Å². The highest BCUT2D eigenvalue weighted by Gasteiger charge is 2.30. The smallest absolute Gasteiger partial charge is 0.338 e. The SMILES string of the molecule is COC1(C#CCOc2ccc3c(-c4ccc(F)cc4)c4c(cc3c2)C(=O)OC4)CCOCC1. The van der Waals surface area contributed by atoms with Gasteiger partial charge in [0, 0.05) is 25.5 Å². The van der Waals surface area contributed by atoms with E-state index >= 15 is 0 Å². The molecular formula is C27H23FO5. The number of ether oxygens (including phenoxy) is 4. The molecule has 0 bridgehead atoms. The van der Waals surface area contributed by atoms with Gasteiger partial charge in [-0.25, -0.2) is 9.18 Å². The van der Waals surface area contributed by atoms with Gasteiger partial charge in [-0.05, 0) is 52.2 Å². The number of carbonyl (C=O) groups is 1. The van der Waals surface area contributed by atoms with Crippen molar-refractivity contribution in [2.24, 2.45) is 0 Å². The lowest BCUT2D eigenvalue weighted by Crippen LogP contribution is -2.36. The topological polar surface area (TPSA) is 54.0 Å². The quantitative estimate of drug-likeness (QED) is 0.422. The number of hydrogen-bond donors (Lipinski definition) is 0. The fourth-order valence-corrected chi connectivity index (χ4v) is 4.41. The maximum atomic E-state index is 13.5. The normalized spacial score (nSPS) is 16.6. The van der Waals surface area contributed by atoms with Gasteiger partial charge in [-0.3, -0.25) is 0 Å². The van der Waals surface area contributed by atoms with Crippen molar-refractivity contribution in [1.29, 1.82) is 0 Å². The van der Waals surface area contributed by atoms with Crippen LogP contribution in [0.4, 0.5) is 4.39 Å². The third kappa shape index (κ3) is 4.18. The van der Waals surface area contributed by atoms with Crippen LogP contribution in [-0.4, -0.2) is 38.5 Å². The van der Waals surface area contributed by atoms with E-state index in [1.54, 1.807) is 19.2 Å². The zero-order chi connectivity index (χ0) is 22.8. The average molecular weight is 446 g/mol. The van der Waals surface area contributed by atoms with Crippen molar-refractivity contribution < 1.29 is 28.1 Å². The summed E-state index contributed by atoms with van der Waals surface area (Å²) in [5, 5.41) is 1.79. The highest BCUT2D eigenvalue weighted by molar-refractivity contribution is 6.07. The van der Waals surface area contributed by atoms with Crippen LogP contribution in [0.25, 0.3) is 21.9 Å². The molecule has 3 aromatic carbocycles. The van der Waals surface area contributed by atoms with Gasteiger partial charge in [0.1, 0.15) is 30.4 Å². The van der Waals surface area contributed by atoms with Gasteiger partial charge >= 0.3 is 5.97 Å². The molecule has 0 aromatic heterocycles. The monoisotopic (exact) mass is 446 g/mol. The summed E-state index contributed by atoms with van der Waals surface area (Å²) in [6.07, 6.45) is 1.47. The van der Waals surface area contributed by atoms with Crippen LogP contribution in [0.15, 0.2) is 48.5 Å². The molecule has 3 aromatic rings. The Labute approximate surface area is 191 Å². The molecule has 6 heteroatoms. The van der Waals surface area contributed by atoms with Crippen LogP contribution in [0.2, 0.25) is 0 Å². The van der Waals surface area contributed by atoms with Crippen molar-refractivity contribution in [3.8, 4) is 28.7 Å². The van der Waals surface area contributed by atoms with Gasteiger partial charge in [-0.1, -0.05) is 30.0 Å². The van der Waals surface area contributed by atoms with Crippen molar-refractivity contribution in [2.45, 2.75) is 25.0 Å². The Hall–Kier alpha value is -3.40. The summed E-state index contributed by atoms with van der Waals surface area (Å²) in [6.45, 7) is 1.70. The lowest BCUT2D eigenvalue weighted by atomic mass is 9.90. The average Bonchev–Trinajstić information content (AvgIpc) is 3.21. The second kappa shape index (κ2) is 8.86. The fraction of sp³-hybridized carbons (Fsp3) is 0.296. The zero-order valence-corrected chi connectivity index (χ0v) is 18.3. The molecule has 1 saturated heterocycles. The summed E-state index contributed by atoms with van der Waals surface area (Å²) >= 11 is 0. The Morgan fingerprint density at radius 3 is 2.64 bits per heavy atom. The number of halogens is 1. The molecule has 0 spiro atoms. The van der Waals surface area contributed by atoms with Crippen molar-refractivity contribution in [3.63, 3.8) is 0 Å². The molecule has 0 N–H and O–H groups in total. The summed E-state index contributed by atoms with van der Waals surface area (Å²) in [6, 6.07) is 13.8. The first-order valence-electron chi connectivity index (χ1n) is 10.9. The van der Waals surface area contributed by atoms with Crippen LogP contribution in [0.5, 0.6) is 5.75 Å². The number of methoxy groups -OCH3 is 1. The predicted molar refractivity (Wildman–Crippen MR) is 122 cm³/mol. The Balaban J connectivity index is 1.45. The second-order valence-electron chi connectivity index (χ2n) is 8.14. The number of cyclic esters (lactones) is 1. The molecule has 0 radical (unpaired) electrons. The molecule has 0 saturated carbocycles. The minimum absolute atomic E-state index is 0.205. The van der Waals surface area contributed by atoms with Gasteiger partial charge in [0.2, 0.25) is 0 Å². The van der Waals surface area contributed by atoms with E-state index in [1.807, 2.05) is 24.3 Å². The maximum Gasteiger partial charge on any atom is 0.338 e. The van der Waals surface area contributed by atoms with Crippen LogP contribution in [0, 0.1) is 17.7 Å². The van der Waals surface area contributed by atoms with E-state index < -0.39 is 5.60 Å². The van der Waals surface area contributed by atoms with E-state index in [1.165, 1.54) is 12.1 Å². The van der Waals surface area contributed by atoms with E-state index in [-0.39, 0.29) is 25.0 Å². The van der Waals surface area contributed by atoms with Gasteiger partial charge in [0.05, 0.1) is 18.8 Å². The van der Waals surface area contributed by atoms with E-state index in [0.29, 0.717) is 24.5 Å². The molecule has 5 rings (SSSR count). The van der Waals surface area contributed by atoms with Crippen LogP contribution >= 0.6 is 0 Å². The summed E-state index contributed by atoms with van der Waals surface area (Å²) in [4.78, 5) is 12.3. The highest BCUT2D eigenvalue weighted by Crippen LogP contribution is 2.39. The third-order valence-corrected chi connectivity index (χ3v) is 6.24. The molecule has 5 nitrogen and oxygen atoms in total. The number of fused-ring (bicyclic) bond motifs is 2. The number of rotatable bonds is 4. The lowest BCUT2D eigenvalue weighted by molar-refractivity contribution is -0.0525. The second-order valence-corrected chi connectivity index (χ2v) is 8.14. The first-order chi connectivity index (χ1) is 16.1. The van der Waals surface area contributed by atoms with Crippen LogP contribution in [0.1, 0.15) is 28.8 Å². The van der Waals surface area contributed by atoms with Crippen LogP contribution in [-0.2, 0) is 20.8 Å². The first kappa shape index (κ1) is 21.4. The Kier molecular flexibility index (Phi) is 5.76. The summed E-state index contributed by atoms with van der Waals surface area (Å²) in [5.74, 6) is 6.25. The molecule has 2 heterocycles. The van der Waals surface area contributed by atoms with Crippen molar-refractivity contribution >= 4 is 16.7 Å². The Morgan fingerprint density at radius 2 is 1.88 bits per heavy atom. The molecule has 1 fully saturated rings. The predicted octanol–water partition coefficient (Wildman–Crippen LogP) is 4.89. The van der Waals surface area contributed by atoms with Crippen LogP contribution in [0.3, 0.4) is 0 Å². The molecule has 0 amide bonds. The molecule has 0 atom stereocenters. The van der Waals surface area contributed by atoms with Crippen LogP contribution < -0.4 is 4.74 Å². The van der Waals surface area contributed by atoms with E-state index in [9.17, 15) is 9.18 Å². The van der Waals surface area contributed by atoms with Crippen molar-refractivity contribution in [2.75, 3.05) is 26.9 Å². The van der Waals surface area contributed by atoms with Crippen molar-refractivity contribution in [1.82, 2.24) is 0 Å². The highest BCUT2D eigenvalue weighted by atomic mass is 19.1. The number of esters is 1. The zero-order valence-electron chi connectivity index (χ0n) is 18.3. The molecule has 0 unspecified atom stereocenters. The first-order valence-corrected chi connectivity index (χ1v) is 10.9. The lowest BCUT2D eigenvalue weighted by Gasteiger charge is -2.30. The number of benzene rings is 3. The molecule has 168 valence electrons. The van der Waals surface area contributed by atoms with Gasteiger partial charge in [0.15, 0.2) is 0 Å². The standard InChI is InChI=1S/C27H23FO5/c1-30-27(10-13-31-14-11-27)9-2-12-32-21-7-8-22-19(15-21)16-23-24(17-33-26(23)29)25(22)18-3-5-20(28)6-4-18/h3-8,15-16H,10-14,17H2,1H3. The van der Waals surface area contributed by atoms with E-state index in [4.69, 9.17) is 18.9 Å². The summed E-state index contributed by atoms with van der Waals surface area (Å²) in [7, 11) is 1.67. The fourth-order valence-electron chi connectivity index (χ4n) is 4.41. The number of carbonyl (C=O) groups excluding carboxylic acids is 1. The van der Waals surface area contributed by atoms with Gasteiger partial charge in [-0.2, -0.15) is 0 Å². The Bertz CT molecular complexity index is 1260. The van der Waals surface area contributed by atoms with Gasteiger partial charge < -0.3 is 18.9 Å². The maximum absolute atomic E-state index is 13.5. The van der Waals surface area contributed by atoms with Gasteiger partial charge in [0.25, 0.3) is 0 Å². The molecule has 33 heavy (non-hydrogen) atoms. The minimum atomic E-state index is -0.476. The molecule has 2 aliphatic rings. The Morgan fingerprint density at radius 1 is 1.09 bits per heavy atom.